The molecule has 0 aromatic carbocycles. The van der Waals surface area contributed by atoms with Crippen molar-refractivity contribution in [3.63, 3.8) is 0 Å². The van der Waals surface area contributed by atoms with Gasteiger partial charge in [-0.05, 0) is 55.8 Å². The van der Waals surface area contributed by atoms with Gasteiger partial charge in [-0.25, -0.2) is 10.0 Å². The van der Waals surface area contributed by atoms with Crippen molar-refractivity contribution in [1.29, 1.82) is 0 Å². The normalized spacial score (nSPS) is 46.4. The number of hydrogen-bond acceptors (Lipinski definition) is 4. The van der Waals surface area contributed by atoms with E-state index < -0.39 is 0 Å². The van der Waals surface area contributed by atoms with Gasteiger partial charge in [-0.1, -0.05) is 12.8 Å². The number of nitrogens with one attached hydrogen (secondary N) is 1. The molecule has 3 N–H and O–H groups in total. The second-order valence-corrected chi connectivity index (χ2v) is 7.81. The number of nitrogens with zero attached hydrogens (tertiary/aromatic N) is 2. The molecule has 2 saturated heterocycles. The van der Waals surface area contributed by atoms with Gasteiger partial charge in [0.2, 0.25) is 0 Å². The second-order valence-electron chi connectivity index (χ2n) is 7.81. The Morgan fingerprint density at radius 2 is 1.50 bits per heavy atom. The first kappa shape index (κ1) is 13.5. The van der Waals surface area contributed by atoms with E-state index in [0.29, 0.717) is 0 Å². The molecule has 2 heterocycles. The molecule has 114 valence electrons. The average molecular weight is 278 g/mol. The molecule has 0 aromatic rings. The predicted molar refractivity (Wildman–Crippen MR) is 80.5 cm³/mol. The van der Waals surface area contributed by atoms with Gasteiger partial charge in [-0.3, -0.25) is 11.3 Å². The van der Waals surface area contributed by atoms with Crippen molar-refractivity contribution in [1.82, 2.24) is 15.4 Å². The van der Waals surface area contributed by atoms with Crippen molar-refractivity contribution >= 4 is 0 Å². The highest BCUT2D eigenvalue weighted by atomic mass is 15.5. The largest absolute Gasteiger partial charge is 0.269 e. The van der Waals surface area contributed by atoms with Gasteiger partial charge in [0.05, 0.1) is 0 Å². The highest BCUT2D eigenvalue weighted by Gasteiger charge is 2.40. The van der Waals surface area contributed by atoms with E-state index in [2.05, 4.69) is 10.4 Å². The Balaban J connectivity index is 1.30. The van der Waals surface area contributed by atoms with E-state index >= 15 is 0 Å². The average Bonchev–Trinajstić information content (AvgIpc) is 3.00. The Morgan fingerprint density at radius 3 is 2.25 bits per heavy atom. The van der Waals surface area contributed by atoms with Crippen LogP contribution in [0.5, 0.6) is 0 Å². The van der Waals surface area contributed by atoms with Crippen LogP contribution in [-0.4, -0.2) is 42.2 Å². The van der Waals surface area contributed by atoms with Crippen molar-refractivity contribution in [2.75, 3.05) is 26.2 Å². The second kappa shape index (κ2) is 5.56. The van der Waals surface area contributed by atoms with E-state index in [1.807, 2.05) is 5.01 Å². The number of piperidine rings is 1. The Kier molecular flexibility index (Phi) is 3.75. The molecular weight excluding hydrogens is 248 g/mol. The highest BCUT2D eigenvalue weighted by Crippen LogP contribution is 2.39. The van der Waals surface area contributed by atoms with Gasteiger partial charge in [0, 0.05) is 32.2 Å². The maximum atomic E-state index is 5.98. The standard InChI is InChI=1S/C16H30N4/c17-19-6-5-12-7-16(8-15(12)9-19)18-20-10-13-3-1-2-4-14(13)11-20/h12-16,18H,1-11,17H2. The molecule has 20 heavy (non-hydrogen) atoms. The molecule has 0 bridgehead atoms. The quantitative estimate of drug-likeness (QED) is 0.753. The van der Waals surface area contributed by atoms with E-state index in [1.54, 1.807) is 0 Å². The molecule has 4 fully saturated rings. The van der Waals surface area contributed by atoms with E-state index in [-0.39, 0.29) is 0 Å². The summed E-state index contributed by atoms with van der Waals surface area (Å²) in [7, 11) is 0. The smallest absolute Gasteiger partial charge is 0.0221 e. The minimum Gasteiger partial charge on any atom is -0.269 e. The summed E-state index contributed by atoms with van der Waals surface area (Å²) in [5, 5.41) is 4.61. The Labute approximate surface area is 123 Å². The molecular formula is C16H30N4. The molecule has 0 aromatic heterocycles. The molecule has 4 heteroatoms. The zero-order chi connectivity index (χ0) is 13.5. The number of rotatable bonds is 2. The van der Waals surface area contributed by atoms with Gasteiger partial charge in [0.25, 0.3) is 0 Å². The van der Waals surface area contributed by atoms with Gasteiger partial charge in [0.1, 0.15) is 0 Å². The fourth-order valence-electron chi connectivity index (χ4n) is 5.39. The van der Waals surface area contributed by atoms with Crippen LogP contribution in [0.15, 0.2) is 0 Å². The number of fused-ring (bicyclic) bond motifs is 2. The number of nitrogens with two attached hydrogens (primary N) is 1. The lowest BCUT2D eigenvalue weighted by Gasteiger charge is -2.31. The monoisotopic (exact) mass is 278 g/mol. The molecule has 4 rings (SSSR count). The van der Waals surface area contributed by atoms with E-state index in [0.717, 1.165) is 42.8 Å². The minimum absolute atomic E-state index is 0.719. The maximum Gasteiger partial charge on any atom is 0.0221 e. The number of hydrogen-bond donors (Lipinski definition) is 2. The first-order valence-electron chi connectivity index (χ1n) is 8.78. The Morgan fingerprint density at radius 1 is 0.800 bits per heavy atom. The Hall–Kier alpha value is -0.160. The third kappa shape index (κ3) is 2.63. The molecule has 5 unspecified atom stereocenters. The van der Waals surface area contributed by atoms with E-state index in [1.165, 1.54) is 58.0 Å². The molecule has 0 radical (unpaired) electrons. The zero-order valence-electron chi connectivity index (χ0n) is 12.6. The van der Waals surface area contributed by atoms with Gasteiger partial charge >= 0.3 is 0 Å². The summed E-state index contributed by atoms with van der Waals surface area (Å²) in [5.41, 5.74) is 3.88. The van der Waals surface area contributed by atoms with E-state index in [4.69, 9.17) is 5.84 Å². The summed E-state index contributed by atoms with van der Waals surface area (Å²) < 4.78 is 0. The van der Waals surface area contributed by atoms with Crippen LogP contribution in [-0.2, 0) is 0 Å². The fourth-order valence-corrected chi connectivity index (χ4v) is 5.39. The van der Waals surface area contributed by atoms with Crippen LogP contribution in [0.1, 0.15) is 44.9 Å². The van der Waals surface area contributed by atoms with E-state index in [9.17, 15) is 0 Å². The van der Waals surface area contributed by atoms with Crippen LogP contribution < -0.4 is 11.3 Å². The van der Waals surface area contributed by atoms with Crippen molar-refractivity contribution in [3.05, 3.63) is 0 Å². The zero-order valence-corrected chi connectivity index (χ0v) is 12.6. The fraction of sp³-hybridized carbons (Fsp3) is 1.00. The van der Waals surface area contributed by atoms with Crippen molar-refractivity contribution in [3.8, 4) is 0 Å². The summed E-state index contributed by atoms with van der Waals surface area (Å²) in [6, 6.07) is 0.719. The first-order chi connectivity index (χ1) is 9.78. The van der Waals surface area contributed by atoms with Crippen LogP contribution in [0.2, 0.25) is 0 Å². The lowest BCUT2D eigenvalue weighted by Crippen LogP contribution is -2.43. The molecule has 2 aliphatic heterocycles. The van der Waals surface area contributed by atoms with Gasteiger partial charge in [-0.15, -0.1) is 0 Å². The SMILES string of the molecule is NN1CCC2CC(NN3CC4CCCCC4C3)CC2C1. The minimum atomic E-state index is 0.719. The molecule has 2 saturated carbocycles. The lowest BCUT2D eigenvalue weighted by molar-refractivity contribution is 0.140. The topological polar surface area (TPSA) is 44.5 Å². The van der Waals surface area contributed by atoms with Crippen molar-refractivity contribution in [2.45, 2.75) is 51.0 Å². The maximum absolute atomic E-state index is 5.98. The van der Waals surface area contributed by atoms with Crippen LogP contribution in [0.3, 0.4) is 0 Å². The summed E-state index contributed by atoms with van der Waals surface area (Å²) in [6.45, 7) is 4.83. The van der Waals surface area contributed by atoms with Gasteiger partial charge in [0.15, 0.2) is 0 Å². The van der Waals surface area contributed by atoms with Crippen molar-refractivity contribution in [2.24, 2.45) is 29.5 Å². The van der Waals surface area contributed by atoms with Crippen molar-refractivity contribution < 1.29 is 0 Å². The molecule has 4 nitrogen and oxygen atoms in total. The molecule has 5 atom stereocenters. The third-order valence-corrected chi connectivity index (χ3v) is 6.44. The molecule has 4 aliphatic rings. The highest BCUT2D eigenvalue weighted by molar-refractivity contribution is 4.92. The van der Waals surface area contributed by atoms with Crippen LogP contribution >= 0.6 is 0 Å². The molecule has 0 spiro atoms. The first-order valence-corrected chi connectivity index (χ1v) is 8.78. The molecule has 2 aliphatic carbocycles. The Bertz CT molecular complexity index is 333. The molecule has 0 amide bonds. The summed E-state index contributed by atoms with van der Waals surface area (Å²) in [5.74, 6) is 9.72. The van der Waals surface area contributed by atoms with Gasteiger partial charge in [-0.2, -0.15) is 0 Å². The number of hydrazine groups is 2. The lowest BCUT2D eigenvalue weighted by atomic mass is 9.82. The van der Waals surface area contributed by atoms with Gasteiger partial charge < -0.3 is 0 Å². The van der Waals surface area contributed by atoms with Crippen LogP contribution in [0.25, 0.3) is 0 Å². The summed E-state index contributed by atoms with van der Waals surface area (Å²) in [4.78, 5) is 0. The van der Waals surface area contributed by atoms with Crippen LogP contribution in [0, 0.1) is 23.7 Å². The third-order valence-electron chi connectivity index (χ3n) is 6.44. The predicted octanol–water partition coefficient (Wildman–Crippen LogP) is 1.59. The van der Waals surface area contributed by atoms with Crippen LogP contribution in [0.4, 0.5) is 0 Å². The summed E-state index contributed by atoms with van der Waals surface area (Å²) >= 11 is 0. The summed E-state index contributed by atoms with van der Waals surface area (Å²) in [6.07, 6.45) is 9.91.